The summed E-state index contributed by atoms with van der Waals surface area (Å²) in [6.07, 6.45) is 2.66. The normalized spacial score (nSPS) is 11.2. The van der Waals surface area contributed by atoms with Crippen LogP contribution in [0, 0.1) is 32.1 Å². The molecule has 0 saturated carbocycles. The van der Waals surface area contributed by atoms with Crippen LogP contribution in [0.2, 0.25) is 0 Å². The van der Waals surface area contributed by atoms with Crippen LogP contribution in [0.1, 0.15) is 35.9 Å². The summed E-state index contributed by atoms with van der Waals surface area (Å²) >= 11 is 3.41. The number of nitriles is 1. The van der Waals surface area contributed by atoms with Crippen molar-refractivity contribution in [2.24, 2.45) is 0 Å². The molecule has 0 saturated heterocycles. The minimum atomic E-state index is -0.457. The van der Waals surface area contributed by atoms with Crippen molar-refractivity contribution in [3.05, 3.63) is 50.8 Å². The second-order valence-electron chi connectivity index (χ2n) is 6.40. The van der Waals surface area contributed by atoms with E-state index in [9.17, 15) is 10.1 Å². The van der Waals surface area contributed by atoms with E-state index < -0.39 is 5.91 Å². The molecule has 0 bridgehead atoms. The molecule has 0 spiro atoms. The van der Waals surface area contributed by atoms with Gasteiger partial charge < -0.3 is 14.6 Å². The highest BCUT2D eigenvalue weighted by atomic mass is 79.9. The van der Waals surface area contributed by atoms with Crippen LogP contribution in [0.15, 0.2) is 28.2 Å². The Balaban J connectivity index is 2.37. The minimum absolute atomic E-state index is 0.0520. The third-order valence-corrected chi connectivity index (χ3v) is 4.91. The standard InChI is InChI=1S/C21H24BrN3O2/c1-6-7-25-14(3)9-16(15(25)4)10-17(12-23)21(26)24-20-13(2)8-18(22)11-19(20)27-5/h8-11H,6-7H2,1-5H3,(H,24,26)/b17-10+. The van der Waals surface area contributed by atoms with E-state index in [0.717, 1.165) is 40.0 Å². The second kappa shape index (κ2) is 8.92. The number of hydrogen-bond acceptors (Lipinski definition) is 3. The number of ether oxygens (including phenoxy) is 1. The lowest BCUT2D eigenvalue weighted by molar-refractivity contribution is -0.112. The zero-order chi connectivity index (χ0) is 20.1. The quantitative estimate of drug-likeness (QED) is 0.510. The Hall–Kier alpha value is -2.52. The van der Waals surface area contributed by atoms with Gasteiger partial charge in [0.15, 0.2) is 0 Å². The van der Waals surface area contributed by atoms with Crippen LogP contribution < -0.4 is 10.1 Å². The van der Waals surface area contributed by atoms with E-state index in [0.29, 0.717) is 11.4 Å². The third kappa shape index (κ3) is 4.61. The molecular weight excluding hydrogens is 406 g/mol. The first-order valence-corrected chi connectivity index (χ1v) is 9.55. The SMILES string of the molecule is CCCn1c(C)cc(/C=C(\C#N)C(=O)Nc2c(C)cc(Br)cc2OC)c1C. The maximum Gasteiger partial charge on any atom is 0.266 e. The molecule has 1 aromatic heterocycles. The summed E-state index contributed by atoms with van der Waals surface area (Å²) < 4.78 is 8.41. The number of aromatic nitrogens is 1. The van der Waals surface area contributed by atoms with E-state index in [-0.39, 0.29) is 5.57 Å². The van der Waals surface area contributed by atoms with Gasteiger partial charge in [-0.2, -0.15) is 5.26 Å². The molecule has 5 nitrogen and oxygen atoms in total. The zero-order valence-electron chi connectivity index (χ0n) is 16.3. The summed E-state index contributed by atoms with van der Waals surface area (Å²) in [5, 5.41) is 12.3. The van der Waals surface area contributed by atoms with Gasteiger partial charge in [-0.15, -0.1) is 0 Å². The Bertz CT molecular complexity index is 936. The van der Waals surface area contributed by atoms with Crippen molar-refractivity contribution < 1.29 is 9.53 Å². The smallest absolute Gasteiger partial charge is 0.266 e. The molecule has 142 valence electrons. The lowest BCUT2D eigenvalue weighted by Gasteiger charge is -2.13. The predicted molar refractivity (Wildman–Crippen MR) is 112 cm³/mol. The van der Waals surface area contributed by atoms with Crippen LogP contribution in [0.5, 0.6) is 5.75 Å². The van der Waals surface area contributed by atoms with Gasteiger partial charge in [0.25, 0.3) is 5.91 Å². The number of hydrogen-bond donors (Lipinski definition) is 1. The molecule has 6 heteroatoms. The predicted octanol–water partition coefficient (Wildman–Crippen LogP) is 5.14. The molecule has 1 heterocycles. The number of halogens is 1. The van der Waals surface area contributed by atoms with Gasteiger partial charge in [0.05, 0.1) is 12.8 Å². The Labute approximate surface area is 168 Å². The van der Waals surface area contributed by atoms with Crippen LogP contribution in [0.4, 0.5) is 5.69 Å². The second-order valence-corrected chi connectivity index (χ2v) is 7.32. The number of nitrogens with one attached hydrogen (secondary N) is 1. The Kier molecular flexibility index (Phi) is 6.86. The van der Waals surface area contributed by atoms with Gasteiger partial charge in [-0.1, -0.05) is 22.9 Å². The van der Waals surface area contributed by atoms with Crippen molar-refractivity contribution in [2.45, 2.75) is 40.7 Å². The number of amides is 1. The highest BCUT2D eigenvalue weighted by molar-refractivity contribution is 9.10. The maximum atomic E-state index is 12.7. The lowest BCUT2D eigenvalue weighted by Crippen LogP contribution is -2.15. The van der Waals surface area contributed by atoms with E-state index in [2.05, 4.69) is 32.7 Å². The number of methoxy groups -OCH3 is 1. The van der Waals surface area contributed by atoms with E-state index in [4.69, 9.17) is 4.74 Å². The van der Waals surface area contributed by atoms with Gasteiger partial charge in [0.1, 0.15) is 17.4 Å². The Morgan fingerprint density at radius 3 is 2.63 bits per heavy atom. The van der Waals surface area contributed by atoms with E-state index in [1.54, 1.807) is 19.3 Å². The summed E-state index contributed by atoms with van der Waals surface area (Å²) in [6, 6.07) is 7.67. The molecule has 1 amide bonds. The first kappa shape index (κ1) is 20.8. The number of rotatable bonds is 6. The van der Waals surface area contributed by atoms with Gasteiger partial charge in [-0.05, 0) is 62.6 Å². The van der Waals surface area contributed by atoms with Crippen LogP contribution >= 0.6 is 15.9 Å². The Morgan fingerprint density at radius 1 is 1.33 bits per heavy atom. The Morgan fingerprint density at radius 2 is 2.04 bits per heavy atom. The third-order valence-electron chi connectivity index (χ3n) is 4.45. The maximum absolute atomic E-state index is 12.7. The van der Waals surface area contributed by atoms with Crippen molar-refractivity contribution >= 4 is 33.6 Å². The van der Waals surface area contributed by atoms with Crippen LogP contribution in [0.3, 0.4) is 0 Å². The average molecular weight is 430 g/mol. The molecule has 0 aliphatic rings. The van der Waals surface area contributed by atoms with Gasteiger partial charge >= 0.3 is 0 Å². The summed E-state index contributed by atoms with van der Waals surface area (Å²) in [7, 11) is 1.54. The van der Waals surface area contributed by atoms with Gasteiger partial charge in [0.2, 0.25) is 0 Å². The number of aryl methyl sites for hydroxylation is 2. The largest absolute Gasteiger partial charge is 0.495 e. The average Bonchev–Trinajstić information content (AvgIpc) is 2.89. The number of benzene rings is 1. The van der Waals surface area contributed by atoms with Gasteiger partial charge in [0, 0.05) is 22.4 Å². The van der Waals surface area contributed by atoms with Gasteiger partial charge in [-0.3, -0.25) is 4.79 Å². The molecule has 0 unspecified atom stereocenters. The first-order valence-electron chi connectivity index (χ1n) is 8.76. The zero-order valence-corrected chi connectivity index (χ0v) is 17.9. The minimum Gasteiger partial charge on any atom is -0.495 e. The van der Waals surface area contributed by atoms with Crippen LogP contribution in [-0.2, 0) is 11.3 Å². The molecular formula is C21H24BrN3O2. The number of carbonyl (C=O) groups excluding carboxylic acids is 1. The molecule has 2 aromatic rings. The van der Waals surface area contributed by atoms with Crippen molar-refractivity contribution in [3.8, 4) is 11.8 Å². The molecule has 27 heavy (non-hydrogen) atoms. The lowest BCUT2D eigenvalue weighted by atomic mass is 10.1. The molecule has 1 N–H and O–H groups in total. The van der Waals surface area contributed by atoms with E-state index >= 15 is 0 Å². The molecule has 0 aliphatic heterocycles. The molecule has 2 rings (SSSR count). The molecule has 0 radical (unpaired) electrons. The fourth-order valence-corrected chi connectivity index (χ4v) is 3.61. The van der Waals surface area contributed by atoms with Crippen LogP contribution in [-0.4, -0.2) is 17.6 Å². The summed E-state index contributed by atoms with van der Waals surface area (Å²) in [4.78, 5) is 12.7. The first-order chi connectivity index (χ1) is 12.8. The highest BCUT2D eigenvalue weighted by Gasteiger charge is 2.16. The van der Waals surface area contributed by atoms with Crippen molar-refractivity contribution in [1.82, 2.24) is 4.57 Å². The van der Waals surface area contributed by atoms with E-state index in [1.807, 2.05) is 39.0 Å². The van der Waals surface area contributed by atoms with E-state index in [1.165, 1.54) is 0 Å². The number of anilines is 1. The fraction of sp³-hybridized carbons (Fsp3) is 0.333. The molecule has 0 fully saturated rings. The van der Waals surface area contributed by atoms with Gasteiger partial charge in [-0.25, -0.2) is 0 Å². The summed E-state index contributed by atoms with van der Waals surface area (Å²) in [6.45, 7) is 8.94. The topological polar surface area (TPSA) is 67.0 Å². The molecule has 0 aliphatic carbocycles. The van der Waals surface area contributed by atoms with Crippen molar-refractivity contribution in [3.63, 3.8) is 0 Å². The summed E-state index contributed by atoms with van der Waals surface area (Å²) in [5.41, 5.74) is 4.50. The summed E-state index contributed by atoms with van der Waals surface area (Å²) in [5.74, 6) is 0.0788. The highest BCUT2D eigenvalue weighted by Crippen LogP contribution is 2.32. The molecule has 0 atom stereocenters. The number of nitrogens with zero attached hydrogens (tertiary/aromatic N) is 2. The van der Waals surface area contributed by atoms with Crippen molar-refractivity contribution in [1.29, 1.82) is 5.26 Å². The monoisotopic (exact) mass is 429 g/mol. The van der Waals surface area contributed by atoms with Crippen molar-refractivity contribution in [2.75, 3.05) is 12.4 Å². The fourth-order valence-electron chi connectivity index (χ4n) is 3.06. The number of carbonyl (C=O) groups is 1. The van der Waals surface area contributed by atoms with Crippen LogP contribution in [0.25, 0.3) is 6.08 Å². The molecule has 1 aromatic carbocycles.